The second-order valence-corrected chi connectivity index (χ2v) is 10.1. The van der Waals surface area contributed by atoms with Gasteiger partial charge in [-0.1, -0.05) is 6.07 Å². The van der Waals surface area contributed by atoms with E-state index in [9.17, 15) is 9.59 Å². The average Bonchev–Trinajstić information content (AvgIpc) is 3.60. The first-order chi connectivity index (χ1) is 17.3. The van der Waals surface area contributed by atoms with Crippen molar-refractivity contribution < 1.29 is 18.7 Å². The maximum Gasteiger partial charge on any atom is 0.255 e. The minimum atomic E-state index is -0.391. The molecular formula is C27H32FN5O3. The van der Waals surface area contributed by atoms with Crippen LogP contribution in [0, 0.1) is 25.6 Å². The van der Waals surface area contributed by atoms with Crippen LogP contribution in [-0.4, -0.2) is 45.5 Å². The fourth-order valence-corrected chi connectivity index (χ4v) is 5.01. The lowest BCUT2D eigenvalue weighted by molar-refractivity contribution is -0.119. The summed E-state index contributed by atoms with van der Waals surface area (Å²) < 4.78 is 21.4. The highest BCUT2D eigenvalue weighted by atomic mass is 19.1. The van der Waals surface area contributed by atoms with Gasteiger partial charge in [0.2, 0.25) is 5.91 Å². The van der Waals surface area contributed by atoms with Crippen LogP contribution >= 0.6 is 0 Å². The molecule has 0 atom stereocenters. The third-order valence-electron chi connectivity index (χ3n) is 7.17. The zero-order valence-corrected chi connectivity index (χ0v) is 20.9. The van der Waals surface area contributed by atoms with Gasteiger partial charge in [0.05, 0.1) is 23.3 Å². The number of benzene rings is 1. The molecule has 2 aliphatic rings. The van der Waals surface area contributed by atoms with Gasteiger partial charge in [-0.2, -0.15) is 0 Å². The van der Waals surface area contributed by atoms with E-state index in [4.69, 9.17) is 4.74 Å². The summed E-state index contributed by atoms with van der Waals surface area (Å²) in [6, 6.07) is 3.66. The van der Waals surface area contributed by atoms with Gasteiger partial charge >= 0.3 is 0 Å². The van der Waals surface area contributed by atoms with Crippen LogP contribution in [0.1, 0.15) is 67.1 Å². The quantitative estimate of drug-likeness (QED) is 0.454. The average molecular weight is 494 g/mol. The molecule has 9 heteroatoms. The van der Waals surface area contributed by atoms with Crippen molar-refractivity contribution >= 4 is 22.8 Å². The Morgan fingerprint density at radius 1 is 1.06 bits per heavy atom. The minimum absolute atomic E-state index is 0.0183. The van der Waals surface area contributed by atoms with E-state index in [2.05, 4.69) is 25.6 Å². The molecule has 1 aromatic carbocycles. The molecule has 0 saturated heterocycles. The van der Waals surface area contributed by atoms with Gasteiger partial charge in [-0.3, -0.25) is 9.59 Å². The standard InChI is InChI=1S/C27H32FN5O3/c1-14-4-11-20(36-12-17-5-6-17)22(23(14)28)25-26-24(29-13-30-25)21(15(2)31-26)27(35)33-19-9-7-18(8-10-19)32-16(3)34/h4,11,13,17-19,31H,5-10,12H2,1-3H3,(H,32,34)(H,33,35)/t18-,19+. The van der Waals surface area contributed by atoms with Crippen LogP contribution < -0.4 is 15.4 Å². The number of amides is 2. The predicted octanol–water partition coefficient (Wildman–Crippen LogP) is 4.35. The molecule has 0 spiro atoms. The molecule has 3 aromatic rings. The zero-order valence-electron chi connectivity index (χ0n) is 20.9. The lowest BCUT2D eigenvalue weighted by Crippen LogP contribution is -2.43. The largest absolute Gasteiger partial charge is 0.492 e. The number of H-pyrrole nitrogens is 1. The van der Waals surface area contributed by atoms with Gasteiger partial charge in [0, 0.05) is 24.7 Å². The molecule has 2 aliphatic carbocycles. The van der Waals surface area contributed by atoms with Crippen LogP contribution in [0.3, 0.4) is 0 Å². The van der Waals surface area contributed by atoms with Crippen LogP contribution in [0.4, 0.5) is 4.39 Å². The molecule has 0 bridgehead atoms. The fourth-order valence-electron chi connectivity index (χ4n) is 5.01. The summed E-state index contributed by atoms with van der Waals surface area (Å²) in [6.45, 7) is 5.59. The summed E-state index contributed by atoms with van der Waals surface area (Å²) in [6.07, 6.45) is 6.84. The van der Waals surface area contributed by atoms with Gasteiger partial charge in [-0.05, 0) is 69.9 Å². The number of aromatic nitrogens is 3. The number of hydrogen-bond acceptors (Lipinski definition) is 5. The Kier molecular flexibility index (Phi) is 6.64. The summed E-state index contributed by atoms with van der Waals surface area (Å²) in [5, 5.41) is 6.08. The first-order valence-corrected chi connectivity index (χ1v) is 12.6. The molecule has 5 rings (SSSR count). The Morgan fingerprint density at radius 2 is 1.75 bits per heavy atom. The smallest absolute Gasteiger partial charge is 0.255 e. The van der Waals surface area contributed by atoms with Crippen LogP contribution in [0.2, 0.25) is 0 Å². The number of fused-ring (bicyclic) bond motifs is 1. The molecule has 190 valence electrons. The highest BCUT2D eigenvalue weighted by molar-refractivity contribution is 6.09. The normalized spacial score (nSPS) is 19.8. The van der Waals surface area contributed by atoms with Crippen molar-refractivity contribution in [1.29, 1.82) is 0 Å². The van der Waals surface area contributed by atoms with E-state index in [1.165, 1.54) is 13.3 Å². The van der Waals surface area contributed by atoms with Crippen LogP contribution in [0.25, 0.3) is 22.3 Å². The number of aromatic amines is 1. The number of carbonyl (C=O) groups excluding carboxylic acids is 2. The predicted molar refractivity (Wildman–Crippen MR) is 134 cm³/mol. The summed E-state index contributed by atoms with van der Waals surface area (Å²) in [4.78, 5) is 36.7. The Labute approximate surface area is 209 Å². The summed E-state index contributed by atoms with van der Waals surface area (Å²) in [7, 11) is 0. The van der Waals surface area contributed by atoms with Crippen LogP contribution in [0.5, 0.6) is 5.75 Å². The van der Waals surface area contributed by atoms with Gasteiger partial charge in [-0.15, -0.1) is 0 Å². The molecule has 2 fully saturated rings. The molecule has 2 aromatic heterocycles. The highest BCUT2D eigenvalue weighted by Crippen LogP contribution is 2.39. The third-order valence-corrected chi connectivity index (χ3v) is 7.17. The van der Waals surface area contributed by atoms with Crippen molar-refractivity contribution in [1.82, 2.24) is 25.6 Å². The maximum atomic E-state index is 15.4. The number of hydrogen-bond donors (Lipinski definition) is 3. The number of nitrogens with one attached hydrogen (secondary N) is 3. The fraction of sp³-hybridized carbons (Fsp3) is 0.481. The molecular weight excluding hydrogens is 461 g/mol. The number of carbonyl (C=O) groups is 2. The summed E-state index contributed by atoms with van der Waals surface area (Å²) in [5.74, 6) is 0.320. The SMILES string of the molecule is CC(=O)N[C@H]1CC[C@@H](NC(=O)c2c(C)[nH]c3c(-c4c(OCC5CC5)ccc(C)c4F)ncnc23)CC1. The Morgan fingerprint density at radius 3 is 2.42 bits per heavy atom. The molecule has 2 saturated carbocycles. The van der Waals surface area contributed by atoms with Crippen molar-refractivity contribution in [2.75, 3.05) is 6.61 Å². The summed E-state index contributed by atoms with van der Waals surface area (Å²) >= 11 is 0. The van der Waals surface area contributed by atoms with Crippen molar-refractivity contribution in [2.45, 2.75) is 71.4 Å². The number of rotatable bonds is 7. The zero-order chi connectivity index (χ0) is 25.4. The lowest BCUT2D eigenvalue weighted by Gasteiger charge is -2.29. The van der Waals surface area contributed by atoms with Gasteiger partial charge in [-0.25, -0.2) is 14.4 Å². The number of ether oxygens (including phenoxy) is 1. The van der Waals surface area contributed by atoms with E-state index in [1.807, 2.05) is 6.92 Å². The van der Waals surface area contributed by atoms with E-state index in [-0.39, 0.29) is 29.5 Å². The molecule has 0 radical (unpaired) electrons. The monoisotopic (exact) mass is 493 g/mol. The Balaban J connectivity index is 1.43. The molecule has 0 unspecified atom stereocenters. The Bertz CT molecular complexity index is 1310. The van der Waals surface area contributed by atoms with E-state index >= 15 is 4.39 Å². The first kappa shape index (κ1) is 24.2. The van der Waals surface area contributed by atoms with E-state index in [0.29, 0.717) is 51.8 Å². The number of nitrogens with zero attached hydrogens (tertiary/aromatic N) is 2. The maximum absolute atomic E-state index is 15.4. The summed E-state index contributed by atoms with van der Waals surface area (Å²) in [5.41, 5.74) is 3.20. The third kappa shape index (κ3) is 4.92. The Hall–Kier alpha value is -3.49. The van der Waals surface area contributed by atoms with Crippen molar-refractivity contribution in [3.8, 4) is 17.0 Å². The van der Waals surface area contributed by atoms with Gasteiger partial charge in [0.15, 0.2) is 0 Å². The van der Waals surface area contributed by atoms with Crippen molar-refractivity contribution in [2.24, 2.45) is 5.92 Å². The molecule has 8 nitrogen and oxygen atoms in total. The lowest BCUT2D eigenvalue weighted by atomic mass is 9.91. The van der Waals surface area contributed by atoms with E-state index in [0.717, 1.165) is 38.5 Å². The second kappa shape index (κ2) is 9.87. The van der Waals surface area contributed by atoms with Gasteiger partial charge in [0.25, 0.3) is 5.91 Å². The molecule has 2 heterocycles. The van der Waals surface area contributed by atoms with Gasteiger partial charge < -0.3 is 20.4 Å². The topological polar surface area (TPSA) is 109 Å². The van der Waals surface area contributed by atoms with Crippen LogP contribution in [-0.2, 0) is 4.79 Å². The minimum Gasteiger partial charge on any atom is -0.492 e. The van der Waals surface area contributed by atoms with Crippen molar-refractivity contribution in [3.05, 3.63) is 41.1 Å². The molecule has 2 amide bonds. The molecule has 36 heavy (non-hydrogen) atoms. The van der Waals surface area contributed by atoms with Crippen LogP contribution in [0.15, 0.2) is 18.5 Å². The molecule has 3 N–H and O–H groups in total. The number of halogens is 1. The van der Waals surface area contributed by atoms with Gasteiger partial charge in [0.1, 0.15) is 29.1 Å². The van der Waals surface area contributed by atoms with E-state index < -0.39 is 5.82 Å². The van der Waals surface area contributed by atoms with Crippen molar-refractivity contribution in [3.63, 3.8) is 0 Å². The second-order valence-electron chi connectivity index (χ2n) is 10.1. The first-order valence-electron chi connectivity index (χ1n) is 12.6. The molecule has 0 aliphatic heterocycles. The van der Waals surface area contributed by atoms with E-state index in [1.54, 1.807) is 19.1 Å². The number of aryl methyl sites for hydroxylation is 2. The highest BCUT2D eigenvalue weighted by Gasteiger charge is 2.28.